The SMILES string of the molecule is CCCCN(CCCc1cc2ccccc2[nH]1)CCC1CCCCCC1. The molecule has 1 heterocycles. The van der Waals surface area contributed by atoms with Gasteiger partial charge in [0.05, 0.1) is 0 Å². The highest BCUT2D eigenvalue weighted by molar-refractivity contribution is 5.80. The van der Waals surface area contributed by atoms with Gasteiger partial charge in [-0.05, 0) is 68.8 Å². The number of rotatable bonds is 10. The molecule has 0 aliphatic heterocycles. The molecule has 1 aliphatic rings. The fraction of sp³-hybridized carbons (Fsp3) is 0.667. The molecular weight excluding hydrogens is 316 g/mol. The van der Waals surface area contributed by atoms with Gasteiger partial charge in [0.2, 0.25) is 0 Å². The number of unbranched alkanes of at least 4 members (excludes halogenated alkanes) is 1. The van der Waals surface area contributed by atoms with E-state index < -0.39 is 0 Å². The number of hydrogen-bond donors (Lipinski definition) is 1. The maximum Gasteiger partial charge on any atom is 0.0456 e. The third kappa shape index (κ3) is 6.16. The number of benzene rings is 1. The number of nitrogens with zero attached hydrogens (tertiary/aromatic N) is 1. The lowest BCUT2D eigenvalue weighted by Gasteiger charge is -2.24. The van der Waals surface area contributed by atoms with Crippen LogP contribution in [0.4, 0.5) is 0 Å². The monoisotopic (exact) mass is 354 g/mol. The number of aromatic nitrogens is 1. The van der Waals surface area contributed by atoms with Gasteiger partial charge in [-0.25, -0.2) is 0 Å². The quantitative estimate of drug-likeness (QED) is 0.478. The van der Waals surface area contributed by atoms with Gasteiger partial charge in [-0.1, -0.05) is 70.1 Å². The van der Waals surface area contributed by atoms with Crippen LogP contribution in [0.25, 0.3) is 10.9 Å². The standard InChI is InChI=1S/C24H38N2/c1-2-3-17-26(19-16-21-11-6-4-5-7-12-21)18-10-14-23-20-22-13-8-9-15-24(22)25-23/h8-9,13,15,20-21,25H,2-7,10-12,14,16-19H2,1H3. The highest BCUT2D eigenvalue weighted by Crippen LogP contribution is 2.25. The zero-order chi connectivity index (χ0) is 18.0. The highest BCUT2D eigenvalue weighted by Gasteiger charge is 2.14. The molecule has 0 bridgehead atoms. The van der Waals surface area contributed by atoms with Gasteiger partial charge >= 0.3 is 0 Å². The van der Waals surface area contributed by atoms with E-state index in [1.54, 1.807) is 0 Å². The Morgan fingerprint density at radius 3 is 2.50 bits per heavy atom. The Labute approximate surface area is 160 Å². The lowest BCUT2D eigenvalue weighted by atomic mass is 9.96. The van der Waals surface area contributed by atoms with Crippen LogP contribution in [0.1, 0.15) is 76.8 Å². The molecule has 0 spiro atoms. The van der Waals surface area contributed by atoms with Crippen LogP contribution in [0.5, 0.6) is 0 Å². The molecule has 1 N–H and O–H groups in total. The fourth-order valence-corrected chi connectivity index (χ4v) is 4.50. The first-order valence-electron chi connectivity index (χ1n) is 11.1. The van der Waals surface area contributed by atoms with Crippen LogP contribution in [0.15, 0.2) is 30.3 Å². The third-order valence-electron chi connectivity index (χ3n) is 6.16. The molecule has 1 aliphatic carbocycles. The predicted octanol–water partition coefficient (Wildman–Crippen LogP) is 6.56. The Morgan fingerprint density at radius 1 is 0.962 bits per heavy atom. The number of aromatic amines is 1. The molecular formula is C24H38N2. The minimum Gasteiger partial charge on any atom is -0.358 e. The first-order valence-corrected chi connectivity index (χ1v) is 11.1. The lowest BCUT2D eigenvalue weighted by molar-refractivity contribution is 0.238. The van der Waals surface area contributed by atoms with Crippen molar-refractivity contribution in [2.75, 3.05) is 19.6 Å². The van der Waals surface area contributed by atoms with Crippen LogP contribution in [0.2, 0.25) is 0 Å². The second-order valence-electron chi connectivity index (χ2n) is 8.33. The number of nitrogens with one attached hydrogen (secondary N) is 1. The topological polar surface area (TPSA) is 19.0 Å². The summed E-state index contributed by atoms with van der Waals surface area (Å²) >= 11 is 0. The second-order valence-corrected chi connectivity index (χ2v) is 8.33. The van der Waals surface area contributed by atoms with Gasteiger partial charge < -0.3 is 9.88 Å². The summed E-state index contributed by atoms with van der Waals surface area (Å²) in [6, 6.07) is 11.0. The molecule has 1 fully saturated rings. The van der Waals surface area contributed by atoms with E-state index >= 15 is 0 Å². The smallest absolute Gasteiger partial charge is 0.0456 e. The predicted molar refractivity (Wildman–Crippen MR) is 114 cm³/mol. The molecule has 0 atom stereocenters. The summed E-state index contributed by atoms with van der Waals surface area (Å²) in [5.41, 5.74) is 2.67. The van der Waals surface area contributed by atoms with Crippen molar-refractivity contribution in [3.63, 3.8) is 0 Å². The van der Waals surface area contributed by atoms with Gasteiger partial charge in [0.15, 0.2) is 0 Å². The zero-order valence-corrected chi connectivity index (χ0v) is 16.8. The van der Waals surface area contributed by atoms with E-state index in [0.29, 0.717) is 0 Å². The zero-order valence-electron chi connectivity index (χ0n) is 16.8. The molecule has 2 aromatic rings. The third-order valence-corrected chi connectivity index (χ3v) is 6.16. The molecule has 0 amide bonds. The largest absolute Gasteiger partial charge is 0.358 e. The van der Waals surface area contributed by atoms with Gasteiger partial charge in [-0.15, -0.1) is 0 Å². The van der Waals surface area contributed by atoms with Crippen molar-refractivity contribution in [2.45, 2.75) is 77.6 Å². The molecule has 2 nitrogen and oxygen atoms in total. The molecule has 1 aromatic heterocycles. The maximum atomic E-state index is 3.58. The molecule has 0 saturated heterocycles. The first kappa shape index (κ1) is 19.5. The average Bonchev–Trinajstić information content (AvgIpc) is 2.89. The first-order chi connectivity index (χ1) is 12.8. The summed E-state index contributed by atoms with van der Waals surface area (Å²) in [6.45, 7) is 6.17. The molecule has 1 aromatic carbocycles. The van der Waals surface area contributed by atoms with Crippen molar-refractivity contribution in [3.05, 3.63) is 36.0 Å². The summed E-state index contributed by atoms with van der Waals surface area (Å²) < 4.78 is 0. The van der Waals surface area contributed by atoms with Crippen molar-refractivity contribution < 1.29 is 0 Å². The Bertz CT molecular complexity index is 589. The van der Waals surface area contributed by atoms with Gasteiger partial charge in [0, 0.05) is 11.2 Å². The Kier molecular flexibility index (Phi) is 8.07. The summed E-state index contributed by atoms with van der Waals surface area (Å²) in [7, 11) is 0. The molecule has 1 saturated carbocycles. The van der Waals surface area contributed by atoms with E-state index in [1.807, 2.05) is 0 Å². The van der Waals surface area contributed by atoms with E-state index in [-0.39, 0.29) is 0 Å². The van der Waals surface area contributed by atoms with E-state index in [2.05, 4.69) is 47.1 Å². The minimum atomic E-state index is 0.996. The van der Waals surface area contributed by atoms with Gasteiger partial charge in [-0.2, -0.15) is 0 Å². The van der Waals surface area contributed by atoms with E-state index in [4.69, 9.17) is 0 Å². The second kappa shape index (κ2) is 10.8. The van der Waals surface area contributed by atoms with Crippen LogP contribution in [0, 0.1) is 5.92 Å². The van der Waals surface area contributed by atoms with Gasteiger partial charge in [0.25, 0.3) is 0 Å². The van der Waals surface area contributed by atoms with E-state index in [9.17, 15) is 0 Å². The van der Waals surface area contributed by atoms with E-state index in [1.165, 1.54) is 107 Å². The number of hydrogen-bond acceptors (Lipinski definition) is 1. The molecule has 0 radical (unpaired) electrons. The summed E-state index contributed by atoms with van der Waals surface area (Å²) in [4.78, 5) is 6.33. The number of para-hydroxylation sites is 1. The summed E-state index contributed by atoms with van der Waals surface area (Å²) in [5, 5.41) is 1.35. The van der Waals surface area contributed by atoms with Crippen molar-refractivity contribution in [1.29, 1.82) is 0 Å². The fourth-order valence-electron chi connectivity index (χ4n) is 4.50. The number of fused-ring (bicyclic) bond motifs is 1. The number of aryl methyl sites for hydroxylation is 1. The Hall–Kier alpha value is -1.28. The highest BCUT2D eigenvalue weighted by atomic mass is 15.1. The van der Waals surface area contributed by atoms with Crippen molar-refractivity contribution in [3.8, 4) is 0 Å². The van der Waals surface area contributed by atoms with E-state index in [0.717, 1.165) is 5.92 Å². The summed E-state index contributed by atoms with van der Waals surface area (Å²) in [5.74, 6) is 0.996. The van der Waals surface area contributed by atoms with Crippen LogP contribution < -0.4 is 0 Å². The van der Waals surface area contributed by atoms with Crippen LogP contribution in [0.3, 0.4) is 0 Å². The minimum absolute atomic E-state index is 0.996. The molecule has 26 heavy (non-hydrogen) atoms. The lowest BCUT2D eigenvalue weighted by Crippen LogP contribution is -2.29. The molecule has 2 heteroatoms. The van der Waals surface area contributed by atoms with Crippen molar-refractivity contribution in [2.24, 2.45) is 5.92 Å². The van der Waals surface area contributed by atoms with Crippen LogP contribution in [-0.4, -0.2) is 29.5 Å². The summed E-state index contributed by atoms with van der Waals surface area (Å²) in [6.07, 6.45) is 15.4. The number of H-pyrrole nitrogens is 1. The molecule has 0 unspecified atom stereocenters. The molecule has 3 rings (SSSR count). The maximum absolute atomic E-state index is 3.58. The van der Waals surface area contributed by atoms with Crippen molar-refractivity contribution >= 4 is 10.9 Å². The van der Waals surface area contributed by atoms with Gasteiger partial charge in [-0.3, -0.25) is 0 Å². The van der Waals surface area contributed by atoms with Gasteiger partial charge in [0.1, 0.15) is 0 Å². The Balaban J connectivity index is 1.44. The van der Waals surface area contributed by atoms with Crippen LogP contribution in [-0.2, 0) is 6.42 Å². The van der Waals surface area contributed by atoms with Crippen molar-refractivity contribution in [1.82, 2.24) is 9.88 Å². The molecule has 144 valence electrons. The Morgan fingerprint density at radius 2 is 1.73 bits per heavy atom. The normalized spacial score (nSPS) is 16.4. The average molecular weight is 355 g/mol. The van der Waals surface area contributed by atoms with Crippen LogP contribution >= 0.6 is 0 Å².